The Hall–Kier alpha value is -3.73. The monoisotopic (exact) mass is 402 g/mol. The molecule has 152 valence electrons. The molecular weight excluding hydrogens is 380 g/mol. The highest BCUT2D eigenvalue weighted by atomic mass is 16.5. The topological polar surface area (TPSA) is 87.6 Å². The number of ether oxygens (including phenoxy) is 1. The summed E-state index contributed by atoms with van der Waals surface area (Å²) in [5, 5.41) is 9.04. The number of pyridine rings is 2. The van der Waals surface area contributed by atoms with Crippen molar-refractivity contribution in [1.82, 2.24) is 15.4 Å². The third kappa shape index (κ3) is 5.41. The van der Waals surface area contributed by atoms with Crippen LogP contribution in [0.1, 0.15) is 21.5 Å². The van der Waals surface area contributed by atoms with Gasteiger partial charge in [0, 0.05) is 55.3 Å². The van der Waals surface area contributed by atoms with E-state index in [1.165, 1.54) is 0 Å². The van der Waals surface area contributed by atoms with Crippen LogP contribution in [0.4, 0.5) is 5.82 Å². The second-order valence-corrected chi connectivity index (χ2v) is 6.52. The van der Waals surface area contributed by atoms with Gasteiger partial charge in [-0.2, -0.15) is 0 Å². The van der Waals surface area contributed by atoms with Gasteiger partial charge in [0.1, 0.15) is 5.82 Å². The molecule has 2 aromatic heterocycles. The number of methoxy groups -OCH3 is 1. The van der Waals surface area contributed by atoms with E-state index in [2.05, 4.69) is 21.8 Å². The third-order valence-electron chi connectivity index (χ3n) is 4.39. The summed E-state index contributed by atoms with van der Waals surface area (Å²) in [7, 11) is 3.49. The summed E-state index contributed by atoms with van der Waals surface area (Å²) in [6, 6.07) is 14.6. The fraction of sp³-hybridized carbons (Fsp3) is 0.174. The molecule has 3 rings (SSSR count). The van der Waals surface area contributed by atoms with Crippen LogP contribution in [-0.4, -0.2) is 48.4 Å². The number of likely N-dealkylation sites (N-methyl/N-ethyl adjacent to an activating group) is 1. The van der Waals surface area contributed by atoms with Crippen molar-refractivity contribution in [3.05, 3.63) is 77.6 Å². The molecule has 1 amide bonds. The van der Waals surface area contributed by atoms with E-state index < -0.39 is 5.91 Å². The standard InChI is InChI=1S/C23H22N4O3/c1-27(12-13-30-2)22-15-20(23(28)26-29)14-21(25-22)19-9-7-17(8-10-19)5-6-18-4-3-11-24-16-18/h3-4,7-11,14-16,29H,12-13H2,1-2H3,(H,26,28). The van der Waals surface area contributed by atoms with Crippen molar-refractivity contribution in [3.63, 3.8) is 0 Å². The van der Waals surface area contributed by atoms with Crippen LogP contribution in [0.5, 0.6) is 0 Å². The van der Waals surface area contributed by atoms with Gasteiger partial charge >= 0.3 is 0 Å². The minimum atomic E-state index is -0.598. The molecule has 7 nitrogen and oxygen atoms in total. The first-order chi connectivity index (χ1) is 14.6. The second kappa shape index (κ2) is 10.2. The Bertz CT molecular complexity index is 1060. The maximum Gasteiger partial charge on any atom is 0.274 e. The van der Waals surface area contributed by atoms with Crippen LogP contribution >= 0.6 is 0 Å². The van der Waals surface area contributed by atoms with Crippen molar-refractivity contribution in [2.45, 2.75) is 0 Å². The molecule has 0 aliphatic carbocycles. The Morgan fingerprint density at radius 1 is 1.17 bits per heavy atom. The van der Waals surface area contributed by atoms with Gasteiger partial charge in [-0.3, -0.25) is 15.0 Å². The number of benzene rings is 1. The van der Waals surface area contributed by atoms with E-state index in [4.69, 9.17) is 9.94 Å². The number of hydrogen-bond acceptors (Lipinski definition) is 6. The van der Waals surface area contributed by atoms with E-state index >= 15 is 0 Å². The Labute approximate surface area is 175 Å². The Kier molecular flexibility index (Phi) is 7.11. The van der Waals surface area contributed by atoms with Crippen LogP contribution in [0.15, 0.2) is 60.9 Å². The number of hydroxylamine groups is 1. The van der Waals surface area contributed by atoms with Gasteiger partial charge in [-0.15, -0.1) is 0 Å². The molecule has 0 radical (unpaired) electrons. The van der Waals surface area contributed by atoms with Crippen LogP contribution in [0.2, 0.25) is 0 Å². The predicted octanol–water partition coefficient (Wildman–Crippen LogP) is 2.75. The molecule has 3 aromatic rings. The fourth-order valence-corrected chi connectivity index (χ4v) is 2.70. The fourth-order valence-electron chi connectivity index (χ4n) is 2.70. The summed E-state index contributed by atoms with van der Waals surface area (Å²) in [6.07, 6.45) is 3.42. The first kappa shape index (κ1) is 21.0. The van der Waals surface area contributed by atoms with Crippen molar-refractivity contribution in [2.24, 2.45) is 0 Å². The molecular formula is C23H22N4O3. The highest BCUT2D eigenvalue weighted by Gasteiger charge is 2.13. The number of nitrogens with one attached hydrogen (secondary N) is 1. The first-order valence-electron chi connectivity index (χ1n) is 9.30. The zero-order valence-corrected chi connectivity index (χ0v) is 16.8. The summed E-state index contributed by atoms with van der Waals surface area (Å²) in [4.78, 5) is 22.6. The van der Waals surface area contributed by atoms with Crippen molar-refractivity contribution < 1.29 is 14.7 Å². The molecule has 0 spiro atoms. The van der Waals surface area contributed by atoms with Crippen LogP contribution in [0.25, 0.3) is 11.3 Å². The average molecular weight is 402 g/mol. The van der Waals surface area contributed by atoms with E-state index in [0.717, 1.165) is 16.7 Å². The molecule has 0 unspecified atom stereocenters. The van der Waals surface area contributed by atoms with Gasteiger partial charge in [-0.1, -0.05) is 24.0 Å². The molecule has 0 fully saturated rings. The van der Waals surface area contributed by atoms with Gasteiger partial charge in [0.2, 0.25) is 0 Å². The Morgan fingerprint density at radius 2 is 1.93 bits per heavy atom. The number of nitrogens with zero attached hydrogens (tertiary/aromatic N) is 3. The van der Waals surface area contributed by atoms with Crippen LogP contribution in [-0.2, 0) is 4.74 Å². The predicted molar refractivity (Wildman–Crippen MR) is 114 cm³/mol. The van der Waals surface area contributed by atoms with Crippen LogP contribution < -0.4 is 10.4 Å². The number of aromatic nitrogens is 2. The van der Waals surface area contributed by atoms with Gasteiger partial charge in [0.25, 0.3) is 5.91 Å². The SMILES string of the molecule is COCCN(C)c1cc(C(=O)NO)cc(-c2ccc(C#Cc3cccnc3)cc2)n1. The second-order valence-electron chi connectivity index (χ2n) is 6.52. The molecule has 0 saturated carbocycles. The molecule has 2 heterocycles. The Balaban J connectivity index is 1.90. The minimum Gasteiger partial charge on any atom is -0.383 e. The summed E-state index contributed by atoms with van der Waals surface area (Å²) in [5.41, 5.74) is 5.12. The highest BCUT2D eigenvalue weighted by Crippen LogP contribution is 2.23. The first-order valence-corrected chi connectivity index (χ1v) is 9.30. The maximum atomic E-state index is 12.0. The number of rotatable bonds is 6. The van der Waals surface area contributed by atoms with Crippen molar-refractivity contribution in [1.29, 1.82) is 0 Å². The molecule has 7 heteroatoms. The van der Waals surface area contributed by atoms with E-state index in [1.54, 1.807) is 37.1 Å². The zero-order chi connectivity index (χ0) is 21.3. The number of anilines is 1. The van der Waals surface area contributed by atoms with E-state index in [-0.39, 0.29) is 0 Å². The zero-order valence-electron chi connectivity index (χ0n) is 16.8. The molecule has 0 aliphatic heterocycles. The van der Waals surface area contributed by atoms with Gasteiger partial charge in [-0.25, -0.2) is 10.5 Å². The molecule has 1 aromatic carbocycles. The molecule has 0 atom stereocenters. The molecule has 0 aliphatic rings. The van der Waals surface area contributed by atoms with Gasteiger partial charge in [0.15, 0.2) is 0 Å². The van der Waals surface area contributed by atoms with Gasteiger partial charge in [0.05, 0.1) is 12.3 Å². The normalized spacial score (nSPS) is 10.1. The lowest BCUT2D eigenvalue weighted by Crippen LogP contribution is -2.25. The molecule has 0 saturated heterocycles. The third-order valence-corrected chi connectivity index (χ3v) is 4.39. The number of amides is 1. The van der Waals surface area contributed by atoms with Crippen molar-refractivity contribution >= 4 is 11.7 Å². The van der Waals surface area contributed by atoms with E-state index in [9.17, 15) is 4.79 Å². The number of carbonyl (C=O) groups excluding carboxylic acids is 1. The highest BCUT2D eigenvalue weighted by molar-refractivity contribution is 5.95. The number of carbonyl (C=O) groups is 1. The lowest BCUT2D eigenvalue weighted by molar-refractivity contribution is 0.0706. The number of hydrogen-bond donors (Lipinski definition) is 2. The molecule has 0 bridgehead atoms. The minimum absolute atomic E-state index is 0.308. The summed E-state index contributed by atoms with van der Waals surface area (Å²) in [5.74, 6) is 6.17. The van der Waals surface area contributed by atoms with Crippen molar-refractivity contribution in [2.75, 3.05) is 32.2 Å². The quantitative estimate of drug-likeness (QED) is 0.375. The smallest absolute Gasteiger partial charge is 0.274 e. The van der Waals surface area contributed by atoms with Crippen LogP contribution in [0.3, 0.4) is 0 Å². The Morgan fingerprint density at radius 3 is 2.60 bits per heavy atom. The lowest BCUT2D eigenvalue weighted by atomic mass is 10.1. The molecule has 2 N–H and O–H groups in total. The van der Waals surface area contributed by atoms with E-state index in [0.29, 0.717) is 30.2 Å². The van der Waals surface area contributed by atoms with Crippen molar-refractivity contribution in [3.8, 4) is 23.1 Å². The lowest BCUT2D eigenvalue weighted by Gasteiger charge is -2.19. The van der Waals surface area contributed by atoms with E-state index in [1.807, 2.05) is 48.3 Å². The van der Waals surface area contributed by atoms with Gasteiger partial charge < -0.3 is 9.64 Å². The summed E-state index contributed by atoms with van der Waals surface area (Å²) >= 11 is 0. The molecule has 30 heavy (non-hydrogen) atoms. The van der Waals surface area contributed by atoms with Crippen LogP contribution in [0, 0.1) is 11.8 Å². The summed E-state index contributed by atoms with van der Waals surface area (Å²) in [6.45, 7) is 1.13. The average Bonchev–Trinajstić information content (AvgIpc) is 2.81. The maximum absolute atomic E-state index is 12.0. The van der Waals surface area contributed by atoms with Gasteiger partial charge in [-0.05, 0) is 36.4 Å². The largest absolute Gasteiger partial charge is 0.383 e. The summed E-state index contributed by atoms with van der Waals surface area (Å²) < 4.78 is 5.11.